The Hall–Kier alpha value is -2.50. The van der Waals surface area contributed by atoms with E-state index in [-0.39, 0.29) is 11.6 Å². The minimum atomic E-state index is -0.143. The lowest BCUT2D eigenvalue weighted by atomic mass is 10.1. The maximum atomic E-state index is 12.5. The summed E-state index contributed by atoms with van der Waals surface area (Å²) in [6.45, 7) is 4.11. The number of hydrogen-bond donors (Lipinski definition) is 0. The number of imidazole rings is 1. The van der Waals surface area contributed by atoms with E-state index in [4.69, 9.17) is 0 Å². The molecule has 3 aromatic heterocycles. The van der Waals surface area contributed by atoms with Crippen LogP contribution < -0.4 is 5.69 Å². The van der Waals surface area contributed by atoms with Gasteiger partial charge in [-0.2, -0.15) is 0 Å². The molecule has 0 radical (unpaired) electrons. The monoisotopic (exact) mass is 269 g/mol. The second kappa shape index (κ2) is 4.56. The zero-order chi connectivity index (χ0) is 14.3. The Morgan fingerprint density at radius 2 is 2.05 bits per heavy atom. The van der Waals surface area contributed by atoms with E-state index in [1.165, 1.54) is 6.33 Å². The third kappa shape index (κ3) is 1.72. The summed E-state index contributed by atoms with van der Waals surface area (Å²) in [6.07, 6.45) is 4.83. The lowest BCUT2D eigenvalue weighted by Gasteiger charge is -2.11. The predicted molar refractivity (Wildman–Crippen MR) is 76.0 cm³/mol. The fourth-order valence-electron chi connectivity index (χ4n) is 2.33. The molecule has 0 amide bonds. The summed E-state index contributed by atoms with van der Waals surface area (Å²) in [4.78, 5) is 25.1. The topological polar surface area (TPSA) is 65.6 Å². The molecule has 6 nitrogen and oxygen atoms in total. The highest BCUT2D eigenvalue weighted by Gasteiger charge is 2.17. The van der Waals surface area contributed by atoms with Crippen molar-refractivity contribution in [1.82, 2.24) is 24.1 Å². The first kappa shape index (κ1) is 12.5. The molecule has 3 heterocycles. The summed E-state index contributed by atoms with van der Waals surface area (Å²) in [6, 6.07) is 3.72. The van der Waals surface area contributed by atoms with Crippen LogP contribution in [0.3, 0.4) is 0 Å². The van der Waals surface area contributed by atoms with E-state index in [2.05, 4.69) is 28.8 Å². The van der Waals surface area contributed by atoms with E-state index < -0.39 is 0 Å². The normalized spacial score (nSPS) is 11.4. The summed E-state index contributed by atoms with van der Waals surface area (Å²) in [5.41, 5.74) is 2.81. The van der Waals surface area contributed by atoms with E-state index in [9.17, 15) is 4.79 Å². The molecule has 0 aliphatic carbocycles. The van der Waals surface area contributed by atoms with Crippen LogP contribution in [-0.2, 0) is 7.05 Å². The molecule has 0 spiro atoms. The summed E-state index contributed by atoms with van der Waals surface area (Å²) in [5.74, 6) is 0.218. The van der Waals surface area contributed by atoms with Crippen LogP contribution >= 0.6 is 0 Å². The van der Waals surface area contributed by atoms with Crippen molar-refractivity contribution in [3.63, 3.8) is 0 Å². The molecule has 3 rings (SSSR count). The summed E-state index contributed by atoms with van der Waals surface area (Å²) < 4.78 is 3.14. The first-order chi connectivity index (χ1) is 9.61. The van der Waals surface area contributed by atoms with Crippen LogP contribution in [0.2, 0.25) is 0 Å². The van der Waals surface area contributed by atoms with Gasteiger partial charge in [0.1, 0.15) is 11.8 Å². The van der Waals surface area contributed by atoms with Gasteiger partial charge >= 0.3 is 5.69 Å². The van der Waals surface area contributed by atoms with Crippen molar-refractivity contribution in [3.05, 3.63) is 47.0 Å². The zero-order valence-corrected chi connectivity index (χ0v) is 11.6. The Bertz CT molecular complexity index is 831. The van der Waals surface area contributed by atoms with Gasteiger partial charge in [-0.3, -0.25) is 9.55 Å². The van der Waals surface area contributed by atoms with Gasteiger partial charge in [0.05, 0.1) is 17.6 Å². The summed E-state index contributed by atoms with van der Waals surface area (Å²) in [7, 11) is 1.72. The van der Waals surface area contributed by atoms with Crippen molar-refractivity contribution in [2.45, 2.75) is 19.8 Å². The van der Waals surface area contributed by atoms with Crippen LogP contribution in [-0.4, -0.2) is 24.1 Å². The van der Waals surface area contributed by atoms with Crippen molar-refractivity contribution in [2.24, 2.45) is 7.05 Å². The van der Waals surface area contributed by atoms with Crippen LogP contribution in [0.15, 0.2) is 35.6 Å². The maximum absolute atomic E-state index is 12.5. The highest BCUT2D eigenvalue weighted by Crippen LogP contribution is 2.21. The number of nitrogens with zero attached hydrogens (tertiary/aromatic N) is 5. The third-order valence-electron chi connectivity index (χ3n) is 3.33. The lowest BCUT2D eigenvalue weighted by Crippen LogP contribution is -2.22. The van der Waals surface area contributed by atoms with Gasteiger partial charge in [0.2, 0.25) is 0 Å². The molecule has 3 aromatic rings. The average Bonchev–Trinajstić information content (AvgIpc) is 2.71. The molecule has 0 bridgehead atoms. The predicted octanol–water partition coefficient (Wildman–Crippen LogP) is 1.64. The zero-order valence-electron chi connectivity index (χ0n) is 11.6. The minimum Gasteiger partial charge on any atom is -0.292 e. The van der Waals surface area contributed by atoms with Gasteiger partial charge in [-0.1, -0.05) is 13.8 Å². The standard InChI is InChI=1S/C14H15N5O/c1-9(2)12-10(5-4-6-16-12)19-13-11(7-15-8-17-13)18(3)14(19)20/h4-9H,1-3H3. The van der Waals surface area contributed by atoms with E-state index >= 15 is 0 Å². The largest absolute Gasteiger partial charge is 0.334 e. The first-order valence-electron chi connectivity index (χ1n) is 6.44. The highest BCUT2D eigenvalue weighted by molar-refractivity contribution is 5.72. The highest BCUT2D eigenvalue weighted by atomic mass is 16.1. The van der Waals surface area contributed by atoms with Gasteiger partial charge in [0.15, 0.2) is 5.65 Å². The smallest absolute Gasteiger partial charge is 0.292 e. The van der Waals surface area contributed by atoms with E-state index in [0.717, 1.165) is 11.4 Å². The molecule has 0 unspecified atom stereocenters. The van der Waals surface area contributed by atoms with Gasteiger partial charge in [-0.15, -0.1) is 0 Å². The Morgan fingerprint density at radius 1 is 1.25 bits per heavy atom. The number of hydrogen-bond acceptors (Lipinski definition) is 4. The van der Waals surface area contributed by atoms with Crippen molar-refractivity contribution >= 4 is 11.2 Å². The molecular weight excluding hydrogens is 254 g/mol. The Kier molecular flexibility index (Phi) is 2.85. The Morgan fingerprint density at radius 3 is 2.80 bits per heavy atom. The number of fused-ring (bicyclic) bond motifs is 1. The van der Waals surface area contributed by atoms with Crippen LogP contribution in [0.25, 0.3) is 16.9 Å². The molecule has 20 heavy (non-hydrogen) atoms. The molecule has 0 N–H and O–H groups in total. The van der Waals surface area contributed by atoms with Crippen LogP contribution in [0, 0.1) is 0 Å². The fraction of sp³-hybridized carbons (Fsp3) is 0.286. The number of pyridine rings is 1. The van der Waals surface area contributed by atoms with Gasteiger partial charge in [-0.25, -0.2) is 19.3 Å². The SMILES string of the molecule is CC(C)c1ncccc1-n1c(=O)n(C)c2cncnc21. The molecule has 0 saturated carbocycles. The summed E-state index contributed by atoms with van der Waals surface area (Å²) >= 11 is 0. The average molecular weight is 269 g/mol. The molecule has 0 fully saturated rings. The Balaban J connectivity index is 2.42. The quantitative estimate of drug-likeness (QED) is 0.709. The van der Waals surface area contributed by atoms with Crippen LogP contribution in [0.5, 0.6) is 0 Å². The second-order valence-electron chi connectivity index (χ2n) is 4.97. The number of rotatable bonds is 2. The fourth-order valence-corrected chi connectivity index (χ4v) is 2.33. The van der Waals surface area contributed by atoms with Gasteiger partial charge in [-0.05, 0) is 18.1 Å². The molecule has 6 heteroatoms. The van der Waals surface area contributed by atoms with Crippen molar-refractivity contribution < 1.29 is 0 Å². The molecule has 0 aliphatic heterocycles. The molecule has 0 aliphatic rings. The van der Waals surface area contributed by atoms with Crippen LogP contribution in [0.1, 0.15) is 25.5 Å². The molecular formula is C14H15N5O. The van der Waals surface area contributed by atoms with Gasteiger partial charge in [0, 0.05) is 13.2 Å². The maximum Gasteiger partial charge on any atom is 0.334 e. The Labute approximate surface area is 115 Å². The van der Waals surface area contributed by atoms with Crippen molar-refractivity contribution in [1.29, 1.82) is 0 Å². The lowest BCUT2D eigenvalue weighted by molar-refractivity contribution is 0.784. The van der Waals surface area contributed by atoms with Crippen LogP contribution in [0.4, 0.5) is 0 Å². The van der Waals surface area contributed by atoms with Gasteiger partial charge < -0.3 is 0 Å². The molecule has 0 atom stereocenters. The first-order valence-corrected chi connectivity index (χ1v) is 6.44. The molecule has 0 aromatic carbocycles. The van der Waals surface area contributed by atoms with Crippen molar-refractivity contribution in [3.8, 4) is 5.69 Å². The molecule has 0 saturated heterocycles. The second-order valence-corrected chi connectivity index (χ2v) is 4.97. The van der Waals surface area contributed by atoms with Gasteiger partial charge in [0.25, 0.3) is 0 Å². The van der Waals surface area contributed by atoms with E-state index in [0.29, 0.717) is 11.2 Å². The minimum absolute atomic E-state index is 0.143. The van der Waals surface area contributed by atoms with E-state index in [1.54, 1.807) is 28.6 Å². The van der Waals surface area contributed by atoms with E-state index in [1.807, 2.05) is 12.1 Å². The third-order valence-corrected chi connectivity index (χ3v) is 3.33. The number of aryl methyl sites for hydroxylation is 1. The number of aromatic nitrogens is 5. The van der Waals surface area contributed by atoms with Crippen molar-refractivity contribution in [2.75, 3.05) is 0 Å². The summed E-state index contributed by atoms with van der Waals surface area (Å²) in [5, 5.41) is 0. The molecule has 102 valence electrons.